The molecule has 0 heterocycles. The standard InChI is InChI=1S/C13H14N2O/c1-8-6-9(14)2-4-11(8)12-5-3-10(15)7-13(12)16/h2-7,16H,14-15H2,1H3. The van der Waals surface area contributed by atoms with Crippen molar-refractivity contribution in [2.45, 2.75) is 6.92 Å². The lowest BCUT2D eigenvalue weighted by Crippen LogP contribution is -1.90. The highest BCUT2D eigenvalue weighted by Crippen LogP contribution is 2.33. The Bertz CT molecular complexity index is 486. The topological polar surface area (TPSA) is 72.3 Å². The Hall–Kier alpha value is -2.16. The summed E-state index contributed by atoms with van der Waals surface area (Å²) >= 11 is 0. The van der Waals surface area contributed by atoms with Gasteiger partial charge in [-0.1, -0.05) is 6.07 Å². The van der Waals surface area contributed by atoms with E-state index in [2.05, 4.69) is 0 Å². The number of rotatable bonds is 1. The van der Waals surface area contributed by atoms with Gasteiger partial charge in [-0.2, -0.15) is 0 Å². The molecule has 0 atom stereocenters. The van der Waals surface area contributed by atoms with E-state index in [0.29, 0.717) is 5.69 Å². The average molecular weight is 214 g/mol. The van der Waals surface area contributed by atoms with Crippen LogP contribution in [0, 0.1) is 6.92 Å². The van der Waals surface area contributed by atoms with Crippen molar-refractivity contribution >= 4 is 11.4 Å². The second-order valence-corrected chi connectivity index (χ2v) is 3.85. The number of anilines is 2. The van der Waals surface area contributed by atoms with E-state index in [1.807, 2.05) is 31.2 Å². The molecule has 0 aliphatic carbocycles. The first-order valence-electron chi connectivity index (χ1n) is 5.03. The maximum atomic E-state index is 9.83. The molecule has 16 heavy (non-hydrogen) atoms. The molecule has 0 fully saturated rings. The number of aromatic hydroxyl groups is 1. The number of hydrogen-bond donors (Lipinski definition) is 3. The summed E-state index contributed by atoms with van der Waals surface area (Å²) < 4.78 is 0. The third kappa shape index (κ3) is 1.80. The molecule has 2 aromatic rings. The summed E-state index contributed by atoms with van der Waals surface area (Å²) in [7, 11) is 0. The monoisotopic (exact) mass is 214 g/mol. The van der Waals surface area contributed by atoms with Gasteiger partial charge in [-0.15, -0.1) is 0 Å². The second-order valence-electron chi connectivity index (χ2n) is 3.85. The minimum absolute atomic E-state index is 0.188. The van der Waals surface area contributed by atoms with E-state index in [0.717, 1.165) is 22.4 Å². The molecule has 0 saturated heterocycles. The summed E-state index contributed by atoms with van der Waals surface area (Å²) in [5, 5.41) is 9.83. The molecule has 5 N–H and O–H groups in total. The SMILES string of the molecule is Cc1cc(N)ccc1-c1ccc(N)cc1O. The maximum Gasteiger partial charge on any atom is 0.125 e. The van der Waals surface area contributed by atoms with Gasteiger partial charge in [-0.25, -0.2) is 0 Å². The smallest absolute Gasteiger partial charge is 0.125 e. The molecule has 0 amide bonds. The molecule has 0 saturated carbocycles. The van der Waals surface area contributed by atoms with E-state index in [1.165, 1.54) is 0 Å². The van der Waals surface area contributed by atoms with E-state index in [1.54, 1.807) is 12.1 Å². The molecule has 0 unspecified atom stereocenters. The fourth-order valence-corrected chi connectivity index (χ4v) is 1.77. The van der Waals surface area contributed by atoms with Gasteiger partial charge >= 0.3 is 0 Å². The summed E-state index contributed by atoms with van der Waals surface area (Å²) in [6.45, 7) is 1.96. The Morgan fingerprint density at radius 2 is 1.44 bits per heavy atom. The van der Waals surface area contributed by atoms with Crippen molar-refractivity contribution in [1.82, 2.24) is 0 Å². The van der Waals surface area contributed by atoms with Gasteiger partial charge in [0.05, 0.1) is 0 Å². The van der Waals surface area contributed by atoms with Crippen LogP contribution >= 0.6 is 0 Å². The molecule has 0 spiro atoms. The van der Waals surface area contributed by atoms with Gasteiger partial charge in [-0.3, -0.25) is 0 Å². The summed E-state index contributed by atoms with van der Waals surface area (Å²) in [6, 6.07) is 10.7. The number of aryl methyl sites for hydroxylation is 1. The molecule has 0 radical (unpaired) electrons. The average Bonchev–Trinajstić information content (AvgIpc) is 2.19. The van der Waals surface area contributed by atoms with Gasteiger partial charge in [0.1, 0.15) is 5.75 Å². The Labute approximate surface area is 94.3 Å². The second kappa shape index (κ2) is 3.77. The van der Waals surface area contributed by atoms with Crippen molar-refractivity contribution in [3.05, 3.63) is 42.0 Å². The van der Waals surface area contributed by atoms with Crippen LogP contribution in [0.25, 0.3) is 11.1 Å². The number of phenolic OH excluding ortho intramolecular Hbond substituents is 1. The van der Waals surface area contributed by atoms with E-state index in [-0.39, 0.29) is 5.75 Å². The summed E-state index contributed by atoms with van der Waals surface area (Å²) in [5.74, 6) is 0.188. The van der Waals surface area contributed by atoms with Crippen molar-refractivity contribution in [2.75, 3.05) is 11.5 Å². The van der Waals surface area contributed by atoms with Gasteiger partial charge in [-0.05, 0) is 42.3 Å². The lowest BCUT2D eigenvalue weighted by molar-refractivity contribution is 0.477. The molecule has 0 aliphatic rings. The molecular formula is C13H14N2O. The minimum Gasteiger partial charge on any atom is -0.507 e. The molecule has 0 bridgehead atoms. The van der Waals surface area contributed by atoms with Crippen molar-refractivity contribution in [3.63, 3.8) is 0 Å². The Morgan fingerprint density at radius 1 is 0.875 bits per heavy atom. The number of phenols is 1. The number of benzene rings is 2. The van der Waals surface area contributed by atoms with Crippen molar-refractivity contribution < 1.29 is 5.11 Å². The van der Waals surface area contributed by atoms with E-state index in [4.69, 9.17) is 11.5 Å². The zero-order valence-corrected chi connectivity index (χ0v) is 9.07. The lowest BCUT2D eigenvalue weighted by Gasteiger charge is -2.09. The quantitative estimate of drug-likeness (QED) is 0.639. The van der Waals surface area contributed by atoms with Crippen molar-refractivity contribution in [2.24, 2.45) is 0 Å². The molecule has 0 aliphatic heterocycles. The number of nitrogens with two attached hydrogens (primary N) is 2. The zero-order chi connectivity index (χ0) is 11.7. The third-order valence-electron chi connectivity index (χ3n) is 2.56. The van der Waals surface area contributed by atoms with Crippen molar-refractivity contribution in [1.29, 1.82) is 0 Å². The van der Waals surface area contributed by atoms with Crippen molar-refractivity contribution in [3.8, 4) is 16.9 Å². The van der Waals surface area contributed by atoms with Gasteiger partial charge in [0.2, 0.25) is 0 Å². The van der Waals surface area contributed by atoms with Gasteiger partial charge in [0, 0.05) is 23.0 Å². The van der Waals surface area contributed by atoms with Crippen LogP contribution in [0.5, 0.6) is 5.75 Å². The van der Waals surface area contributed by atoms with E-state index < -0.39 is 0 Å². The highest BCUT2D eigenvalue weighted by Gasteiger charge is 2.07. The van der Waals surface area contributed by atoms with Crippen LogP contribution in [0.4, 0.5) is 11.4 Å². The first-order valence-corrected chi connectivity index (χ1v) is 5.03. The first kappa shape index (κ1) is 10.4. The summed E-state index contributed by atoms with van der Waals surface area (Å²) in [5.41, 5.74) is 15.3. The summed E-state index contributed by atoms with van der Waals surface area (Å²) in [6.07, 6.45) is 0. The molecular weight excluding hydrogens is 200 g/mol. The zero-order valence-electron chi connectivity index (χ0n) is 9.07. The highest BCUT2D eigenvalue weighted by molar-refractivity contribution is 5.76. The van der Waals surface area contributed by atoms with Crippen LogP contribution in [0.1, 0.15) is 5.56 Å². The molecule has 0 aromatic heterocycles. The van der Waals surface area contributed by atoms with Crippen LogP contribution in [-0.4, -0.2) is 5.11 Å². The molecule has 3 nitrogen and oxygen atoms in total. The van der Waals surface area contributed by atoms with Crippen LogP contribution < -0.4 is 11.5 Å². The maximum absolute atomic E-state index is 9.83. The fourth-order valence-electron chi connectivity index (χ4n) is 1.77. The largest absolute Gasteiger partial charge is 0.507 e. The minimum atomic E-state index is 0.188. The molecule has 2 aromatic carbocycles. The first-order chi connectivity index (χ1) is 7.58. The summed E-state index contributed by atoms with van der Waals surface area (Å²) in [4.78, 5) is 0. The van der Waals surface area contributed by atoms with E-state index >= 15 is 0 Å². The van der Waals surface area contributed by atoms with Gasteiger partial charge in [0.25, 0.3) is 0 Å². The molecule has 2 rings (SSSR count). The van der Waals surface area contributed by atoms with Crippen LogP contribution in [-0.2, 0) is 0 Å². The van der Waals surface area contributed by atoms with Crippen LogP contribution in [0.2, 0.25) is 0 Å². The molecule has 3 heteroatoms. The van der Waals surface area contributed by atoms with Crippen LogP contribution in [0.3, 0.4) is 0 Å². The Morgan fingerprint density at radius 3 is 2.00 bits per heavy atom. The normalized spacial score (nSPS) is 10.3. The predicted molar refractivity (Wildman–Crippen MR) is 67.1 cm³/mol. The Kier molecular flexibility index (Phi) is 2.44. The predicted octanol–water partition coefficient (Wildman–Crippen LogP) is 2.53. The van der Waals surface area contributed by atoms with Gasteiger partial charge < -0.3 is 16.6 Å². The number of hydrogen-bond acceptors (Lipinski definition) is 3. The van der Waals surface area contributed by atoms with E-state index in [9.17, 15) is 5.11 Å². The molecule has 82 valence electrons. The fraction of sp³-hybridized carbons (Fsp3) is 0.0769. The highest BCUT2D eigenvalue weighted by atomic mass is 16.3. The van der Waals surface area contributed by atoms with Crippen LogP contribution in [0.15, 0.2) is 36.4 Å². The van der Waals surface area contributed by atoms with Gasteiger partial charge in [0.15, 0.2) is 0 Å². The Balaban J connectivity index is 2.59. The lowest BCUT2D eigenvalue weighted by atomic mass is 9.99. The number of nitrogen functional groups attached to an aromatic ring is 2. The third-order valence-corrected chi connectivity index (χ3v) is 2.56.